The zero-order valence-corrected chi connectivity index (χ0v) is 14.4. The second-order valence-corrected chi connectivity index (χ2v) is 5.62. The summed E-state index contributed by atoms with van der Waals surface area (Å²) < 4.78 is 5.05. The Morgan fingerprint density at radius 1 is 1.12 bits per heavy atom. The van der Waals surface area contributed by atoms with Crippen LogP contribution >= 0.6 is 0 Å². The summed E-state index contributed by atoms with van der Waals surface area (Å²) in [6.07, 6.45) is -0.512. The van der Waals surface area contributed by atoms with Gasteiger partial charge in [-0.1, -0.05) is 43.7 Å². The Hall–Kier alpha value is -3.10. The number of ether oxygens (including phenoxy) is 1. The maximum atomic E-state index is 12.2. The Morgan fingerprint density at radius 2 is 1.77 bits per heavy atom. The highest BCUT2D eigenvalue weighted by molar-refractivity contribution is 5.91. The number of rotatable bonds is 10. The highest BCUT2D eigenvalue weighted by Gasteiger charge is 2.27. The second kappa shape index (κ2) is 10.7. The second-order valence-electron chi connectivity index (χ2n) is 5.62. The fraction of sp³-hybridized carbons (Fsp3) is 0.412. The van der Waals surface area contributed by atoms with E-state index in [4.69, 9.17) is 15.6 Å². The number of hydrogen-bond acceptors (Lipinski definition) is 5. The Labute approximate surface area is 150 Å². The molecule has 1 aromatic rings. The molecule has 0 aromatic heterocycles. The highest BCUT2D eigenvalue weighted by atomic mass is 16.5. The number of aliphatic carboxylic acids is 1. The molecule has 0 radical (unpaired) electrons. The number of nitrogens with two attached hydrogens (primary N) is 1. The number of alkyl carbamates (subject to hydrolysis) is 1. The molecule has 0 fully saturated rings. The molecule has 0 saturated carbocycles. The minimum atomic E-state index is -1.46. The molecule has 0 bridgehead atoms. The molecule has 1 aromatic carbocycles. The van der Waals surface area contributed by atoms with Crippen LogP contribution in [0, 0.1) is 0 Å². The normalized spacial score (nSPS) is 12.5. The third-order valence-corrected chi connectivity index (χ3v) is 3.42. The molecule has 0 spiro atoms. The van der Waals surface area contributed by atoms with Gasteiger partial charge < -0.3 is 26.2 Å². The van der Waals surface area contributed by atoms with Crippen molar-refractivity contribution in [3.05, 3.63) is 35.9 Å². The zero-order chi connectivity index (χ0) is 19.5. The number of carbonyl (C=O) groups excluding carboxylic acids is 3. The van der Waals surface area contributed by atoms with E-state index in [2.05, 4.69) is 10.6 Å². The van der Waals surface area contributed by atoms with Crippen LogP contribution in [0.3, 0.4) is 0 Å². The lowest BCUT2D eigenvalue weighted by atomic mass is 10.1. The van der Waals surface area contributed by atoms with Crippen molar-refractivity contribution in [2.45, 2.75) is 44.9 Å². The predicted octanol–water partition coefficient (Wildman–Crippen LogP) is 0.526. The van der Waals surface area contributed by atoms with Crippen molar-refractivity contribution in [2.75, 3.05) is 0 Å². The average molecular weight is 365 g/mol. The number of carboxylic acid groups (broad SMARTS) is 1. The van der Waals surface area contributed by atoms with Gasteiger partial charge in [0, 0.05) is 0 Å². The number of benzene rings is 1. The first-order valence-electron chi connectivity index (χ1n) is 8.12. The van der Waals surface area contributed by atoms with Crippen LogP contribution in [0.15, 0.2) is 30.3 Å². The van der Waals surface area contributed by atoms with Crippen LogP contribution in [0.2, 0.25) is 0 Å². The first kappa shape index (κ1) is 20.9. The van der Waals surface area contributed by atoms with Crippen molar-refractivity contribution in [3.8, 4) is 0 Å². The van der Waals surface area contributed by atoms with Gasteiger partial charge in [-0.05, 0) is 12.0 Å². The van der Waals surface area contributed by atoms with Gasteiger partial charge in [-0.3, -0.25) is 9.59 Å². The summed E-state index contributed by atoms with van der Waals surface area (Å²) >= 11 is 0. The van der Waals surface area contributed by atoms with Crippen molar-refractivity contribution in [3.63, 3.8) is 0 Å². The SMILES string of the molecule is CCC[C@H](NC(=O)OCc1ccccc1)C(=O)N[C@@H](CC(N)=O)C(=O)O. The smallest absolute Gasteiger partial charge is 0.408 e. The Bertz CT molecular complexity index is 635. The summed E-state index contributed by atoms with van der Waals surface area (Å²) in [5, 5.41) is 13.6. The average Bonchev–Trinajstić information content (AvgIpc) is 2.59. The molecule has 0 heterocycles. The van der Waals surface area contributed by atoms with E-state index in [1.165, 1.54) is 0 Å². The van der Waals surface area contributed by atoms with E-state index < -0.39 is 42.4 Å². The van der Waals surface area contributed by atoms with E-state index in [0.29, 0.717) is 6.42 Å². The lowest BCUT2D eigenvalue weighted by Crippen LogP contribution is -2.52. The summed E-state index contributed by atoms with van der Waals surface area (Å²) in [6.45, 7) is 1.84. The van der Waals surface area contributed by atoms with E-state index in [-0.39, 0.29) is 13.0 Å². The van der Waals surface area contributed by atoms with Crippen molar-refractivity contribution >= 4 is 23.9 Å². The van der Waals surface area contributed by atoms with Gasteiger partial charge in [-0.25, -0.2) is 9.59 Å². The molecule has 2 atom stereocenters. The van der Waals surface area contributed by atoms with Gasteiger partial charge in [0.15, 0.2) is 0 Å². The monoisotopic (exact) mass is 365 g/mol. The van der Waals surface area contributed by atoms with Crippen LogP contribution in [0.25, 0.3) is 0 Å². The van der Waals surface area contributed by atoms with Crippen LogP contribution < -0.4 is 16.4 Å². The van der Waals surface area contributed by atoms with Gasteiger partial charge in [0.2, 0.25) is 11.8 Å². The molecule has 1 rings (SSSR count). The van der Waals surface area contributed by atoms with E-state index in [1.54, 1.807) is 31.2 Å². The third-order valence-electron chi connectivity index (χ3n) is 3.42. The number of nitrogens with one attached hydrogen (secondary N) is 2. The van der Waals surface area contributed by atoms with Crippen LogP contribution in [0.1, 0.15) is 31.7 Å². The maximum Gasteiger partial charge on any atom is 0.408 e. The number of primary amides is 1. The van der Waals surface area contributed by atoms with Crippen molar-refractivity contribution in [1.29, 1.82) is 0 Å². The molecule has 5 N–H and O–H groups in total. The fourth-order valence-corrected chi connectivity index (χ4v) is 2.14. The van der Waals surface area contributed by atoms with Gasteiger partial charge in [0.05, 0.1) is 6.42 Å². The number of carboxylic acids is 1. The quantitative estimate of drug-likeness (QED) is 0.475. The van der Waals surface area contributed by atoms with Crippen LogP contribution in [-0.2, 0) is 25.7 Å². The molecule has 0 aliphatic heterocycles. The van der Waals surface area contributed by atoms with Crippen molar-refractivity contribution in [1.82, 2.24) is 10.6 Å². The molecule has 142 valence electrons. The summed E-state index contributed by atoms with van der Waals surface area (Å²) in [5.74, 6) is -2.98. The lowest BCUT2D eigenvalue weighted by Gasteiger charge is -2.20. The first-order valence-corrected chi connectivity index (χ1v) is 8.12. The largest absolute Gasteiger partial charge is 0.480 e. The van der Waals surface area contributed by atoms with Gasteiger partial charge in [-0.15, -0.1) is 0 Å². The van der Waals surface area contributed by atoms with E-state index >= 15 is 0 Å². The molecule has 0 saturated heterocycles. The van der Waals surface area contributed by atoms with Crippen LogP contribution in [0.4, 0.5) is 4.79 Å². The Balaban J connectivity index is 2.62. The zero-order valence-electron chi connectivity index (χ0n) is 14.4. The van der Waals surface area contributed by atoms with Crippen molar-refractivity contribution < 1.29 is 29.0 Å². The standard InChI is InChI=1S/C17H23N3O6/c1-2-6-12(15(22)19-13(16(23)24)9-14(18)21)20-17(25)26-10-11-7-4-3-5-8-11/h3-5,7-8,12-13H,2,6,9-10H2,1H3,(H2,18,21)(H,19,22)(H,20,25)(H,23,24)/t12-,13-/m0/s1. The van der Waals surface area contributed by atoms with Gasteiger partial charge in [0.25, 0.3) is 0 Å². The van der Waals surface area contributed by atoms with Crippen LogP contribution in [-0.4, -0.2) is 41.1 Å². The van der Waals surface area contributed by atoms with Gasteiger partial charge in [-0.2, -0.15) is 0 Å². The molecule has 9 heteroatoms. The maximum absolute atomic E-state index is 12.2. The number of hydrogen-bond donors (Lipinski definition) is 4. The Kier molecular flexibility index (Phi) is 8.62. The van der Waals surface area contributed by atoms with Crippen LogP contribution in [0.5, 0.6) is 0 Å². The van der Waals surface area contributed by atoms with Gasteiger partial charge in [0.1, 0.15) is 18.7 Å². The third kappa shape index (κ3) is 7.65. The molecule has 0 aliphatic carbocycles. The highest BCUT2D eigenvalue weighted by Crippen LogP contribution is 2.03. The van der Waals surface area contributed by atoms with E-state index in [0.717, 1.165) is 5.56 Å². The molecular formula is C17H23N3O6. The molecular weight excluding hydrogens is 342 g/mol. The number of carbonyl (C=O) groups is 4. The first-order chi connectivity index (χ1) is 12.3. The summed E-state index contributed by atoms with van der Waals surface area (Å²) in [7, 11) is 0. The van der Waals surface area contributed by atoms with Crippen molar-refractivity contribution in [2.24, 2.45) is 5.73 Å². The molecule has 0 unspecified atom stereocenters. The topological polar surface area (TPSA) is 148 Å². The summed E-state index contributed by atoms with van der Waals surface area (Å²) in [6, 6.07) is 6.55. The van der Waals surface area contributed by atoms with E-state index in [9.17, 15) is 19.2 Å². The molecule has 3 amide bonds. The summed E-state index contributed by atoms with van der Waals surface area (Å²) in [4.78, 5) is 46.1. The molecule has 9 nitrogen and oxygen atoms in total. The van der Waals surface area contributed by atoms with E-state index in [1.807, 2.05) is 6.07 Å². The minimum Gasteiger partial charge on any atom is -0.480 e. The summed E-state index contributed by atoms with van der Waals surface area (Å²) in [5.41, 5.74) is 5.76. The predicted molar refractivity (Wildman–Crippen MR) is 91.8 cm³/mol. The lowest BCUT2D eigenvalue weighted by molar-refractivity contribution is -0.143. The fourth-order valence-electron chi connectivity index (χ4n) is 2.14. The molecule has 26 heavy (non-hydrogen) atoms. The Morgan fingerprint density at radius 3 is 2.31 bits per heavy atom. The van der Waals surface area contributed by atoms with Gasteiger partial charge >= 0.3 is 12.1 Å². The number of amides is 3. The molecule has 0 aliphatic rings. The minimum absolute atomic E-state index is 0.0343.